The van der Waals surface area contributed by atoms with Crippen molar-refractivity contribution in [3.05, 3.63) is 75.7 Å². The molecule has 0 atom stereocenters. The van der Waals surface area contributed by atoms with Gasteiger partial charge in [-0.3, -0.25) is 18.8 Å². The summed E-state index contributed by atoms with van der Waals surface area (Å²) in [5.74, 6) is -0.236. The first-order valence-corrected chi connectivity index (χ1v) is 9.66. The Morgan fingerprint density at radius 1 is 1.23 bits per heavy atom. The van der Waals surface area contributed by atoms with E-state index in [-0.39, 0.29) is 17.7 Å². The minimum Gasteiger partial charge on any atom is -0.497 e. The Hall–Kier alpha value is -3.44. The summed E-state index contributed by atoms with van der Waals surface area (Å²) in [5.41, 5.74) is 1.17. The zero-order valence-corrected chi connectivity index (χ0v) is 16.7. The molecule has 0 bridgehead atoms. The van der Waals surface area contributed by atoms with E-state index in [2.05, 4.69) is 10.5 Å². The van der Waals surface area contributed by atoms with E-state index < -0.39 is 23.2 Å². The lowest BCUT2D eigenvalue weighted by Crippen LogP contribution is -2.31. The molecule has 4 rings (SSSR count). The van der Waals surface area contributed by atoms with Crippen LogP contribution >= 0.6 is 11.3 Å². The number of ether oxygens (including phenoxy) is 1. The molecule has 0 radical (unpaired) electrons. The number of carbonyl (C=O) groups excluding carboxylic acids is 1. The number of halogens is 3. The minimum atomic E-state index is -4.48. The number of benzene rings is 2. The van der Waals surface area contributed by atoms with Gasteiger partial charge in [0.2, 0.25) is 0 Å². The van der Waals surface area contributed by atoms with Crippen LogP contribution < -0.4 is 15.8 Å². The van der Waals surface area contributed by atoms with Crippen molar-refractivity contribution >= 4 is 32.4 Å². The van der Waals surface area contributed by atoms with Crippen LogP contribution in [0.1, 0.15) is 21.5 Å². The zero-order valence-electron chi connectivity index (χ0n) is 15.9. The van der Waals surface area contributed by atoms with E-state index in [0.717, 1.165) is 23.0 Å². The number of hydrogen-bond donors (Lipinski definition) is 1. The monoisotopic (exact) mass is 449 g/mol. The number of rotatable bonds is 5. The average Bonchev–Trinajstić information content (AvgIpc) is 3.12. The number of carbonyl (C=O) groups is 1. The van der Waals surface area contributed by atoms with Crippen LogP contribution in [0.4, 0.5) is 13.2 Å². The van der Waals surface area contributed by atoms with Crippen molar-refractivity contribution in [2.45, 2.75) is 12.8 Å². The van der Waals surface area contributed by atoms with Crippen molar-refractivity contribution in [2.75, 3.05) is 7.11 Å². The standard InChI is InChI=1S/C20H14F3N3O4S/c1-29-13-5-6-15-16(8-13)31-19-24-9-14(18(28)26(15)19)17(27)25-30-10-11-3-2-4-12(7-11)20(21,22)23/h2-9H,10H2,1H3,(H,25,27). The number of hydrogen-bond acceptors (Lipinski definition) is 6. The van der Waals surface area contributed by atoms with E-state index in [9.17, 15) is 22.8 Å². The van der Waals surface area contributed by atoms with Gasteiger partial charge in [0.25, 0.3) is 11.5 Å². The number of methoxy groups -OCH3 is 1. The fourth-order valence-corrected chi connectivity index (χ4v) is 3.96. The number of aromatic nitrogens is 2. The van der Waals surface area contributed by atoms with Crippen LogP contribution in [0.15, 0.2) is 53.5 Å². The fourth-order valence-electron chi connectivity index (χ4n) is 2.94. The van der Waals surface area contributed by atoms with Gasteiger partial charge in [-0.15, -0.1) is 0 Å². The number of nitrogens with one attached hydrogen (secondary N) is 1. The summed E-state index contributed by atoms with van der Waals surface area (Å²) >= 11 is 1.26. The number of amides is 1. The fraction of sp³-hybridized carbons (Fsp3) is 0.150. The van der Waals surface area contributed by atoms with Gasteiger partial charge in [-0.05, 0) is 35.9 Å². The number of hydroxylamine groups is 1. The molecule has 1 amide bonds. The summed E-state index contributed by atoms with van der Waals surface area (Å²) in [4.78, 5) is 34.8. The van der Waals surface area contributed by atoms with Gasteiger partial charge < -0.3 is 4.74 Å². The lowest BCUT2D eigenvalue weighted by atomic mass is 10.1. The molecule has 31 heavy (non-hydrogen) atoms. The number of fused-ring (bicyclic) bond motifs is 3. The molecule has 0 aliphatic carbocycles. The maximum absolute atomic E-state index is 12.8. The maximum Gasteiger partial charge on any atom is 0.416 e. The minimum absolute atomic E-state index is 0.207. The van der Waals surface area contributed by atoms with Gasteiger partial charge in [-0.25, -0.2) is 10.5 Å². The quantitative estimate of drug-likeness (QED) is 0.469. The van der Waals surface area contributed by atoms with Gasteiger partial charge in [-0.2, -0.15) is 13.2 Å². The summed E-state index contributed by atoms with van der Waals surface area (Å²) in [6, 6.07) is 9.65. The van der Waals surface area contributed by atoms with Crippen molar-refractivity contribution in [2.24, 2.45) is 0 Å². The van der Waals surface area contributed by atoms with E-state index in [1.165, 1.54) is 35.0 Å². The second-order valence-corrected chi connectivity index (χ2v) is 7.46. The van der Waals surface area contributed by atoms with Gasteiger partial charge >= 0.3 is 6.18 Å². The lowest BCUT2D eigenvalue weighted by Gasteiger charge is -2.09. The molecule has 1 N–H and O–H groups in total. The van der Waals surface area contributed by atoms with Crippen molar-refractivity contribution < 1.29 is 27.5 Å². The van der Waals surface area contributed by atoms with E-state index >= 15 is 0 Å². The molecule has 11 heteroatoms. The predicted molar refractivity (Wildman–Crippen MR) is 107 cm³/mol. The summed E-state index contributed by atoms with van der Waals surface area (Å²) < 4.78 is 45.6. The summed E-state index contributed by atoms with van der Waals surface area (Å²) in [5, 5.41) is 0. The topological polar surface area (TPSA) is 81.9 Å². The molecule has 7 nitrogen and oxygen atoms in total. The first kappa shape index (κ1) is 20.8. The molecule has 160 valence electrons. The summed E-state index contributed by atoms with van der Waals surface area (Å²) in [7, 11) is 1.53. The number of alkyl halides is 3. The van der Waals surface area contributed by atoms with Crippen molar-refractivity contribution in [3.63, 3.8) is 0 Å². The Labute approximate surface area is 176 Å². The van der Waals surface area contributed by atoms with E-state index in [4.69, 9.17) is 9.57 Å². The Kier molecular flexibility index (Phi) is 5.38. The van der Waals surface area contributed by atoms with Crippen LogP contribution in [-0.4, -0.2) is 22.4 Å². The summed E-state index contributed by atoms with van der Waals surface area (Å²) in [6.07, 6.45) is -3.35. The van der Waals surface area contributed by atoms with Crippen LogP contribution in [0.3, 0.4) is 0 Å². The first-order chi connectivity index (χ1) is 14.8. The second-order valence-electron chi connectivity index (χ2n) is 6.45. The largest absolute Gasteiger partial charge is 0.497 e. The van der Waals surface area contributed by atoms with Crippen LogP contribution in [0.5, 0.6) is 5.75 Å². The Morgan fingerprint density at radius 2 is 2.03 bits per heavy atom. The van der Waals surface area contributed by atoms with Gasteiger partial charge in [0.1, 0.15) is 11.3 Å². The Morgan fingerprint density at radius 3 is 2.77 bits per heavy atom. The normalized spacial score (nSPS) is 11.7. The molecular weight excluding hydrogens is 435 g/mol. The van der Waals surface area contributed by atoms with Crippen LogP contribution in [0.25, 0.3) is 15.2 Å². The first-order valence-electron chi connectivity index (χ1n) is 8.84. The van der Waals surface area contributed by atoms with Gasteiger partial charge in [0, 0.05) is 6.20 Å². The second kappa shape index (κ2) is 8.00. The van der Waals surface area contributed by atoms with Crippen LogP contribution in [-0.2, 0) is 17.6 Å². The molecule has 0 aliphatic heterocycles. The highest BCUT2D eigenvalue weighted by Gasteiger charge is 2.30. The Bertz CT molecular complexity index is 1350. The molecule has 2 aromatic carbocycles. The molecule has 0 unspecified atom stereocenters. The van der Waals surface area contributed by atoms with E-state index in [1.807, 2.05) is 0 Å². The molecule has 4 aromatic rings. The molecule has 0 saturated heterocycles. The van der Waals surface area contributed by atoms with Crippen molar-refractivity contribution in [1.82, 2.24) is 14.9 Å². The Balaban J connectivity index is 1.54. The maximum atomic E-state index is 12.8. The third kappa shape index (κ3) is 4.09. The highest BCUT2D eigenvalue weighted by atomic mass is 32.1. The molecule has 0 aliphatic rings. The highest BCUT2D eigenvalue weighted by molar-refractivity contribution is 7.23. The molecule has 0 spiro atoms. The van der Waals surface area contributed by atoms with Gasteiger partial charge in [0.05, 0.1) is 29.5 Å². The molecule has 2 heterocycles. The van der Waals surface area contributed by atoms with Crippen LogP contribution in [0.2, 0.25) is 0 Å². The zero-order chi connectivity index (χ0) is 22.2. The van der Waals surface area contributed by atoms with Crippen molar-refractivity contribution in [3.8, 4) is 5.75 Å². The SMILES string of the molecule is COc1ccc2c(c1)sc1ncc(C(=O)NOCc3cccc(C(F)(F)F)c3)c(=O)n12. The van der Waals surface area contributed by atoms with Gasteiger partial charge in [0.15, 0.2) is 4.96 Å². The third-order valence-corrected chi connectivity index (χ3v) is 5.46. The van der Waals surface area contributed by atoms with Crippen molar-refractivity contribution in [1.29, 1.82) is 0 Å². The van der Waals surface area contributed by atoms with E-state index in [1.54, 1.807) is 18.2 Å². The van der Waals surface area contributed by atoms with Gasteiger partial charge in [-0.1, -0.05) is 23.5 Å². The van der Waals surface area contributed by atoms with E-state index in [0.29, 0.717) is 16.2 Å². The average molecular weight is 449 g/mol. The lowest BCUT2D eigenvalue weighted by molar-refractivity contribution is -0.137. The molecular formula is C20H14F3N3O4S. The highest BCUT2D eigenvalue weighted by Crippen LogP contribution is 2.30. The number of nitrogens with zero attached hydrogens (tertiary/aromatic N) is 2. The predicted octanol–water partition coefficient (Wildman–Crippen LogP) is 3.80. The number of thiazole rings is 1. The molecule has 2 aromatic heterocycles. The molecule has 0 fully saturated rings. The summed E-state index contributed by atoms with van der Waals surface area (Å²) in [6.45, 7) is -0.312. The smallest absolute Gasteiger partial charge is 0.416 e. The molecule has 0 saturated carbocycles. The third-order valence-electron chi connectivity index (χ3n) is 4.44. The van der Waals surface area contributed by atoms with Crippen LogP contribution in [0, 0.1) is 0 Å².